The Bertz CT molecular complexity index is 858. The van der Waals surface area contributed by atoms with Crippen molar-refractivity contribution >= 4 is 17.4 Å². The van der Waals surface area contributed by atoms with E-state index in [4.69, 9.17) is 14.7 Å². The van der Waals surface area contributed by atoms with E-state index in [1.54, 1.807) is 11.0 Å². The van der Waals surface area contributed by atoms with E-state index in [2.05, 4.69) is 11.1 Å². The maximum absolute atomic E-state index is 12.2. The fourth-order valence-corrected chi connectivity index (χ4v) is 3.80. The maximum Gasteiger partial charge on any atom is 0.410 e. The van der Waals surface area contributed by atoms with Crippen LogP contribution in [0.25, 0.3) is 0 Å². The van der Waals surface area contributed by atoms with Gasteiger partial charge in [0.1, 0.15) is 23.2 Å². The highest BCUT2D eigenvalue weighted by molar-refractivity contribution is 7.12. The lowest BCUT2D eigenvalue weighted by Crippen LogP contribution is -2.41. The van der Waals surface area contributed by atoms with Crippen LogP contribution in [-0.4, -0.2) is 34.7 Å². The average Bonchev–Trinajstić information content (AvgIpc) is 3.13. The third-order valence-corrected chi connectivity index (χ3v) is 5.41. The molecule has 0 aromatic carbocycles. The molecule has 148 valence electrons. The Morgan fingerprint density at radius 3 is 2.68 bits per heavy atom. The van der Waals surface area contributed by atoms with Crippen LogP contribution in [0.15, 0.2) is 30.3 Å². The number of rotatable bonds is 4. The van der Waals surface area contributed by atoms with Crippen molar-refractivity contribution in [1.82, 2.24) is 9.88 Å². The van der Waals surface area contributed by atoms with E-state index in [0.29, 0.717) is 36.4 Å². The summed E-state index contributed by atoms with van der Waals surface area (Å²) in [5, 5.41) is 8.90. The smallest absolute Gasteiger partial charge is 0.410 e. The summed E-state index contributed by atoms with van der Waals surface area (Å²) in [5.41, 5.74) is 0.516. The van der Waals surface area contributed by atoms with Crippen LogP contribution in [0.2, 0.25) is 0 Å². The number of amides is 1. The molecule has 7 heteroatoms. The van der Waals surface area contributed by atoms with Gasteiger partial charge in [-0.2, -0.15) is 5.26 Å². The van der Waals surface area contributed by atoms with E-state index in [9.17, 15) is 4.79 Å². The minimum absolute atomic E-state index is 0.247. The predicted molar refractivity (Wildman–Crippen MR) is 107 cm³/mol. The highest BCUT2D eigenvalue weighted by Gasteiger charge is 2.28. The molecular formula is C21H25N3O3S. The van der Waals surface area contributed by atoms with Gasteiger partial charge in [0.15, 0.2) is 0 Å². The number of thiophene rings is 1. The third-order valence-electron chi connectivity index (χ3n) is 4.44. The Balaban J connectivity index is 1.54. The second-order valence-electron chi connectivity index (χ2n) is 7.81. The van der Waals surface area contributed by atoms with Crippen molar-refractivity contribution < 1.29 is 14.3 Å². The number of carbonyl (C=O) groups is 1. The summed E-state index contributed by atoms with van der Waals surface area (Å²) >= 11 is 1.43. The van der Waals surface area contributed by atoms with Crippen LogP contribution in [0, 0.1) is 11.3 Å². The molecule has 0 saturated carbocycles. The second-order valence-corrected chi connectivity index (χ2v) is 8.98. The number of carbonyl (C=O) groups excluding carboxylic acids is 1. The molecule has 1 aliphatic rings. The zero-order chi connectivity index (χ0) is 20.1. The van der Waals surface area contributed by atoms with Crippen molar-refractivity contribution in [2.24, 2.45) is 0 Å². The number of likely N-dealkylation sites (tertiary alicyclic amines) is 1. The molecule has 0 aliphatic carbocycles. The summed E-state index contributed by atoms with van der Waals surface area (Å²) < 4.78 is 11.3. The van der Waals surface area contributed by atoms with Gasteiger partial charge in [0.2, 0.25) is 5.88 Å². The lowest BCUT2D eigenvalue weighted by molar-refractivity contribution is 0.0204. The lowest BCUT2D eigenvalue weighted by Gasteiger charge is -2.33. The van der Waals surface area contributed by atoms with Gasteiger partial charge in [0, 0.05) is 35.6 Å². The molecule has 0 N–H and O–H groups in total. The monoisotopic (exact) mass is 399 g/mol. The predicted octanol–water partition coefficient (Wildman–Crippen LogP) is 4.71. The molecule has 3 heterocycles. The standard InChI is InChI=1S/C21H25N3O3S/c1-21(2,3)27-20(25)24-11-9-15(10-12-24)18-5-4-6-19(23-18)26-14-17-8-7-16(13-22)28-17/h4-8,15H,9-12,14H2,1-3H3. The second kappa shape index (κ2) is 8.61. The first-order valence-corrected chi connectivity index (χ1v) is 10.2. The molecule has 1 aliphatic heterocycles. The molecule has 1 fully saturated rings. The molecule has 0 bridgehead atoms. The molecule has 6 nitrogen and oxygen atoms in total. The number of ether oxygens (including phenoxy) is 2. The van der Waals surface area contributed by atoms with Crippen LogP contribution in [0.3, 0.4) is 0 Å². The zero-order valence-electron chi connectivity index (χ0n) is 16.5. The quantitative estimate of drug-likeness (QED) is 0.744. The topological polar surface area (TPSA) is 75.4 Å². The Labute approximate surface area is 169 Å². The molecule has 0 radical (unpaired) electrons. The van der Waals surface area contributed by atoms with Gasteiger partial charge in [0.25, 0.3) is 0 Å². The van der Waals surface area contributed by atoms with Crippen LogP contribution >= 0.6 is 11.3 Å². The maximum atomic E-state index is 12.2. The van der Waals surface area contributed by atoms with E-state index in [0.717, 1.165) is 23.4 Å². The molecule has 2 aromatic heterocycles. The first-order valence-electron chi connectivity index (χ1n) is 9.40. The highest BCUT2D eigenvalue weighted by atomic mass is 32.1. The number of piperidine rings is 1. The molecule has 28 heavy (non-hydrogen) atoms. The molecular weight excluding hydrogens is 374 g/mol. The fourth-order valence-electron chi connectivity index (χ4n) is 3.08. The summed E-state index contributed by atoms with van der Waals surface area (Å²) in [6, 6.07) is 11.6. The molecule has 2 aromatic rings. The largest absolute Gasteiger partial charge is 0.472 e. The Morgan fingerprint density at radius 1 is 1.29 bits per heavy atom. The summed E-state index contributed by atoms with van der Waals surface area (Å²) in [6.07, 6.45) is 1.46. The SMILES string of the molecule is CC(C)(C)OC(=O)N1CCC(c2cccc(OCc3ccc(C#N)s3)n2)CC1. The Hall–Kier alpha value is -2.59. The van der Waals surface area contributed by atoms with E-state index in [1.165, 1.54) is 11.3 Å². The highest BCUT2D eigenvalue weighted by Crippen LogP contribution is 2.29. The first-order chi connectivity index (χ1) is 13.3. The van der Waals surface area contributed by atoms with Crippen molar-refractivity contribution in [3.63, 3.8) is 0 Å². The van der Waals surface area contributed by atoms with Gasteiger partial charge in [-0.15, -0.1) is 11.3 Å². The van der Waals surface area contributed by atoms with Crippen LogP contribution in [0.5, 0.6) is 5.88 Å². The van der Waals surface area contributed by atoms with Crippen molar-refractivity contribution in [2.75, 3.05) is 13.1 Å². The van der Waals surface area contributed by atoms with Crippen LogP contribution < -0.4 is 4.74 Å². The number of nitriles is 1. The third kappa shape index (κ3) is 5.46. The Morgan fingerprint density at radius 2 is 2.04 bits per heavy atom. The first kappa shape index (κ1) is 20.2. The molecule has 1 saturated heterocycles. The number of aromatic nitrogens is 1. The van der Waals surface area contributed by atoms with E-state index in [1.807, 2.05) is 45.0 Å². The van der Waals surface area contributed by atoms with Crippen LogP contribution in [-0.2, 0) is 11.3 Å². The summed E-state index contributed by atoms with van der Waals surface area (Å²) in [6.45, 7) is 7.37. The zero-order valence-corrected chi connectivity index (χ0v) is 17.3. The van der Waals surface area contributed by atoms with Crippen molar-refractivity contribution in [3.8, 4) is 11.9 Å². The van der Waals surface area contributed by atoms with Gasteiger partial charge in [-0.05, 0) is 51.8 Å². The van der Waals surface area contributed by atoms with E-state index < -0.39 is 5.60 Å². The average molecular weight is 400 g/mol. The van der Waals surface area contributed by atoms with Gasteiger partial charge >= 0.3 is 6.09 Å². The number of pyridine rings is 1. The molecule has 0 unspecified atom stereocenters. The molecule has 1 amide bonds. The summed E-state index contributed by atoms with van der Waals surface area (Å²) in [5.74, 6) is 0.883. The Kier molecular flexibility index (Phi) is 6.20. The minimum Gasteiger partial charge on any atom is -0.472 e. The van der Waals surface area contributed by atoms with Gasteiger partial charge < -0.3 is 14.4 Å². The number of hydrogen-bond donors (Lipinski definition) is 0. The van der Waals surface area contributed by atoms with Crippen LogP contribution in [0.4, 0.5) is 4.79 Å². The normalized spacial score (nSPS) is 15.1. The van der Waals surface area contributed by atoms with Crippen molar-refractivity contribution in [2.45, 2.75) is 51.7 Å². The van der Waals surface area contributed by atoms with Crippen molar-refractivity contribution in [3.05, 3.63) is 45.8 Å². The van der Waals surface area contributed by atoms with Gasteiger partial charge in [0.05, 0.1) is 0 Å². The van der Waals surface area contributed by atoms with Gasteiger partial charge in [-0.3, -0.25) is 0 Å². The van der Waals surface area contributed by atoms with Gasteiger partial charge in [-0.1, -0.05) is 6.07 Å². The van der Waals surface area contributed by atoms with E-state index >= 15 is 0 Å². The summed E-state index contributed by atoms with van der Waals surface area (Å²) in [7, 11) is 0. The fraction of sp³-hybridized carbons (Fsp3) is 0.476. The van der Waals surface area contributed by atoms with Gasteiger partial charge in [-0.25, -0.2) is 9.78 Å². The minimum atomic E-state index is -0.474. The van der Waals surface area contributed by atoms with Crippen molar-refractivity contribution in [1.29, 1.82) is 5.26 Å². The molecule has 3 rings (SSSR count). The lowest BCUT2D eigenvalue weighted by atomic mass is 9.93. The number of hydrogen-bond acceptors (Lipinski definition) is 6. The summed E-state index contributed by atoms with van der Waals surface area (Å²) in [4.78, 5) is 20.3. The number of nitrogens with zero attached hydrogens (tertiary/aromatic N) is 3. The van der Waals surface area contributed by atoms with Crippen LogP contribution in [0.1, 0.15) is 55.0 Å². The molecule has 0 atom stereocenters. The molecule has 0 spiro atoms. The van der Waals surface area contributed by atoms with E-state index in [-0.39, 0.29) is 6.09 Å².